The average molecular weight is 279 g/mol. The molecule has 0 saturated carbocycles. The second-order valence-electron chi connectivity index (χ2n) is 4.48. The Hall–Kier alpha value is -1.37. The molecule has 0 saturated heterocycles. The highest BCUT2D eigenvalue weighted by Crippen LogP contribution is 1.89. The number of carbonyl (C=O) groups excluding carboxylic acids is 1. The third kappa shape index (κ3) is 9.83. The van der Waals surface area contributed by atoms with Gasteiger partial charge in [0.2, 0.25) is 0 Å². The van der Waals surface area contributed by atoms with Crippen molar-refractivity contribution in [3.8, 4) is 0 Å². The van der Waals surface area contributed by atoms with Gasteiger partial charge in [-0.2, -0.15) is 4.73 Å². The number of aliphatic hydroxyl groups excluding tert-OH is 1. The third-order valence-corrected chi connectivity index (χ3v) is 1.78. The molecule has 0 aromatic carbocycles. The van der Waals surface area contributed by atoms with Gasteiger partial charge in [0.25, 0.3) is 0 Å². The van der Waals surface area contributed by atoms with Gasteiger partial charge in [0.1, 0.15) is 6.54 Å². The number of rotatable bonds is 3. The van der Waals surface area contributed by atoms with Gasteiger partial charge in [0.15, 0.2) is 12.4 Å². The highest BCUT2D eigenvalue weighted by atomic mass is 35.5. The molecule has 0 spiro atoms. The van der Waals surface area contributed by atoms with Crippen LogP contribution in [0, 0.1) is 5.21 Å². The first kappa shape index (κ1) is 19.0. The van der Waals surface area contributed by atoms with Crippen LogP contribution < -0.4 is 9.84 Å². The summed E-state index contributed by atoms with van der Waals surface area (Å²) in [4.78, 5) is 10.1. The van der Waals surface area contributed by atoms with Gasteiger partial charge in [-0.1, -0.05) is 0 Å². The van der Waals surface area contributed by atoms with Crippen LogP contribution in [0.5, 0.6) is 0 Å². The molecule has 6 nitrogen and oxygen atoms in total. The lowest BCUT2D eigenvalue weighted by Crippen LogP contribution is -2.36. The molecule has 1 aromatic rings. The maximum absolute atomic E-state index is 10.4. The Labute approximate surface area is 113 Å². The first-order valence-corrected chi connectivity index (χ1v) is 5.08. The van der Waals surface area contributed by atoms with Gasteiger partial charge >= 0.3 is 0 Å². The Bertz CT molecular complexity index is 366. The lowest BCUT2D eigenvalue weighted by molar-refractivity contribution is -0.870. The van der Waals surface area contributed by atoms with Gasteiger partial charge in [-0.15, -0.1) is 12.4 Å². The number of carbonyl (C=O) groups is 1. The minimum atomic E-state index is -1.34. The average Bonchev–Trinajstić information content (AvgIpc) is 2.16. The summed E-state index contributed by atoms with van der Waals surface area (Å²) in [6.07, 6.45) is 2.14. The summed E-state index contributed by atoms with van der Waals surface area (Å²) in [5.74, 6) is -1.34. The number of likely N-dealkylation sites (N-methyl/N-ethyl adjacent to an activating group) is 1. The van der Waals surface area contributed by atoms with Crippen LogP contribution in [-0.2, 0) is 0 Å². The van der Waals surface area contributed by atoms with Crippen LogP contribution in [0.4, 0.5) is 0 Å². The van der Waals surface area contributed by atoms with E-state index in [-0.39, 0.29) is 24.6 Å². The predicted octanol–water partition coefficient (Wildman–Crippen LogP) is -1.21. The summed E-state index contributed by atoms with van der Waals surface area (Å²) in [6.45, 7) is 1.11. The van der Waals surface area contributed by atoms with Crippen molar-refractivity contribution in [2.45, 2.75) is 0 Å². The summed E-state index contributed by atoms with van der Waals surface area (Å²) in [5, 5.41) is 28.9. The van der Waals surface area contributed by atoms with E-state index < -0.39 is 5.97 Å². The zero-order valence-corrected chi connectivity index (χ0v) is 11.5. The van der Waals surface area contributed by atoms with Crippen LogP contribution >= 0.6 is 12.4 Å². The van der Waals surface area contributed by atoms with Crippen molar-refractivity contribution in [2.24, 2.45) is 0 Å². The Morgan fingerprint density at radius 3 is 2.22 bits per heavy atom. The Morgan fingerprint density at radius 1 is 1.44 bits per heavy atom. The molecular formula is C11H19ClN2O4. The van der Waals surface area contributed by atoms with Gasteiger partial charge in [0.05, 0.1) is 39.3 Å². The summed E-state index contributed by atoms with van der Waals surface area (Å²) in [5.41, 5.74) is -0.113. The second-order valence-corrected chi connectivity index (χ2v) is 4.48. The minimum absolute atomic E-state index is 0. The summed E-state index contributed by atoms with van der Waals surface area (Å²) >= 11 is 0. The number of halogens is 1. The zero-order valence-electron chi connectivity index (χ0n) is 10.7. The smallest absolute Gasteiger partial charge is 0.189 e. The molecular weight excluding hydrogens is 260 g/mol. The Kier molecular flexibility index (Phi) is 9.15. The van der Waals surface area contributed by atoms with Crippen LogP contribution in [0.2, 0.25) is 0 Å². The maximum Gasteiger partial charge on any atom is 0.189 e. The SMILES string of the molecule is C[N+](C)(C)CCO.Cl.O=C([O-])c1ccc[n+]([O-])c1. The number of nitrogens with zero attached hydrogens (tertiary/aromatic N) is 2. The fourth-order valence-electron chi connectivity index (χ4n) is 0.875. The van der Waals surface area contributed by atoms with Crippen LogP contribution in [-0.4, -0.2) is 49.9 Å². The highest BCUT2D eigenvalue weighted by molar-refractivity contribution is 5.85. The number of aromatic nitrogens is 1. The van der Waals surface area contributed by atoms with E-state index in [1.807, 2.05) is 0 Å². The normalized spacial score (nSPS) is 9.78. The van der Waals surface area contributed by atoms with Crippen LogP contribution in [0.25, 0.3) is 0 Å². The molecule has 0 aliphatic carbocycles. The van der Waals surface area contributed by atoms with Crippen molar-refractivity contribution in [3.05, 3.63) is 35.3 Å². The van der Waals surface area contributed by atoms with Crippen molar-refractivity contribution in [3.63, 3.8) is 0 Å². The summed E-state index contributed by atoms with van der Waals surface area (Å²) in [6, 6.07) is 2.64. The topological polar surface area (TPSA) is 87.3 Å². The van der Waals surface area contributed by atoms with Crippen LogP contribution in [0.15, 0.2) is 24.5 Å². The van der Waals surface area contributed by atoms with Gasteiger partial charge < -0.3 is 24.7 Å². The first-order chi connectivity index (χ1) is 7.76. The zero-order chi connectivity index (χ0) is 13.5. The number of carboxylic acids is 1. The van der Waals surface area contributed by atoms with Crippen molar-refractivity contribution < 1.29 is 24.2 Å². The minimum Gasteiger partial charge on any atom is -0.619 e. The Balaban J connectivity index is 0. The molecule has 0 radical (unpaired) electrons. The van der Waals surface area contributed by atoms with E-state index in [9.17, 15) is 15.1 Å². The van der Waals surface area contributed by atoms with Crippen LogP contribution in [0.3, 0.4) is 0 Å². The molecule has 104 valence electrons. The molecule has 1 aromatic heterocycles. The van der Waals surface area contributed by atoms with E-state index in [0.29, 0.717) is 4.73 Å². The predicted molar refractivity (Wildman–Crippen MR) is 67.0 cm³/mol. The van der Waals surface area contributed by atoms with Crippen molar-refractivity contribution in [1.82, 2.24) is 0 Å². The van der Waals surface area contributed by atoms with E-state index in [1.165, 1.54) is 18.3 Å². The molecule has 0 bridgehead atoms. The molecule has 0 aliphatic heterocycles. The fraction of sp³-hybridized carbons (Fsp3) is 0.455. The molecule has 7 heteroatoms. The molecule has 1 heterocycles. The molecule has 0 amide bonds. The molecule has 1 N–H and O–H groups in total. The number of carboxylic acid groups (broad SMARTS) is 1. The summed E-state index contributed by atoms with van der Waals surface area (Å²) < 4.78 is 1.25. The molecule has 0 aliphatic rings. The summed E-state index contributed by atoms with van der Waals surface area (Å²) in [7, 11) is 6.16. The number of pyridine rings is 1. The van der Waals surface area contributed by atoms with Crippen molar-refractivity contribution in [1.29, 1.82) is 0 Å². The van der Waals surface area contributed by atoms with E-state index in [1.54, 1.807) is 0 Å². The second kappa shape index (κ2) is 8.68. The monoisotopic (exact) mass is 278 g/mol. The highest BCUT2D eigenvalue weighted by Gasteiger charge is 2.02. The van der Waals surface area contributed by atoms with Crippen molar-refractivity contribution in [2.75, 3.05) is 34.3 Å². The number of aromatic carboxylic acids is 1. The number of hydrogen-bond acceptors (Lipinski definition) is 4. The van der Waals surface area contributed by atoms with E-state index in [0.717, 1.165) is 17.2 Å². The first-order valence-electron chi connectivity index (χ1n) is 5.08. The van der Waals surface area contributed by atoms with Crippen molar-refractivity contribution >= 4 is 18.4 Å². The third-order valence-electron chi connectivity index (χ3n) is 1.78. The number of hydrogen-bond donors (Lipinski definition) is 1. The van der Waals surface area contributed by atoms with Crippen LogP contribution in [0.1, 0.15) is 10.4 Å². The number of quaternary nitrogens is 1. The quantitative estimate of drug-likeness (QED) is 0.427. The molecule has 0 fully saturated rings. The standard InChI is InChI=1S/C6H5NO3.C5H14NO.ClH/c8-6(9)5-2-1-3-7(10)4-5;1-6(2,3)4-5-7;/h1-4H,(H,8,9);7H,4-5H2,1-3H3;1H/q;+1;/p-1. The van der Waals surface area contributed by atoms with E-state index in [2.05, 4.69) is 21.1 Å². The molecule has 0 atom stereocenters. The van der Waals surface area contributed by atoms with E-state index >= 15 is 0 Å². The maximum atomic E-state index is 10.4. The molecule has 0 unspecified atom stereocenters. The number of aliphatic hydroxyl groups is 1. The Morgan fingerprint density at radius 2 is 2.00 bits per heavy atom. The molecule has 1 rings (SSSR count). The van der Waals surface area contributed by atoms with Gasteiger partial charge in [-0.25, -0.2) is 0 Å². The lowest BCUT2D eigenvalue weighted by Gasteiger charge is -2.21. The molecule has 18 heavy (non-hydrogen) atoms. The van der Waals surface area contributed by atoms with Gasteiger partial charge in [-0.3, -0.25) is 0 Å². The fourth-order valence-corrected chi connectivity index (χ4v) is 0.875. The largest absolute Gasteiger partial charge is 0.619 e. The lowest BCUT2D eigenvalue weighted by atomic mass is 10.3. The van der Waals surface area contributed by atoms with Gasteiger partial charge in [-0.05, 0) is 6.07 Å². The van der Waals surface area contributed by atoms with Gasteiger partial charge in [0, 0.05) is 6.07 Å². The van der Waals surface area contributed by atoms with E-state index in [4.69, 9.17) is 5.11 Å².